The van der Waals surface area contributed by atoms with Gasteiger partial charge in [0.15, 0.2) is 0 Å². The molecular weight excluding hydrogens is 347 g/mol. The molecule has 8 heteroatoms. The van der Waals surface area contributed by atoms with Crippen molar-refractivity contribution in [3.8, 4) is 0 Å². The third-order valence-corrected chi connectivity index (χ3v) is 4.16. The molecule has 1 aromatic carbocycles. The van der Waals surface area contributed by atoms with Crippen molar-refractivity contribution in [2.75, 3.05) is 7.11 Å². The molecule has 3 rings (SSSR count). The van der Waals surface area contributed by atoms with Crippen molar-refractivity contribution in [2.45, 2.75) is 18.8 Å². The maximum atomic E-state index is 14.3. The van der Waals surface area contributed by atoms with Crippen LogP contribution in [0.1, 0.15) is 28.8 Å². The second-order valence-electron chi connectivity index (χ2n) is 6.07. The molecular formula is C18H16F3N3O2. The largest absolute Gasteiger partial charge is 0.465 e. The van der Waals surface area contributed by atoms with E-state index in [0.717, 1.165) is 6.07 Å². The van der Waals surface area contributed by atoms with E-state index in [2.05, 4.69) is 15.0 Å². The van der Waals surface area contributed by atoms with Gasteiger partial charge in [-0.05, 0) is 29.9 Å². The van der Waals surface area contributed by atoms with E-state index in [9.17, 15) is 18.0 Å². The van der Waals surface area contributed by atoms with Crippen LogP contribution in [0.3, 0.4) is 0 Å². The lowest BCUT2D eigenvalue weighted by molar-refractivity contribution is 0.0600. The second kappa shape index (κ2) is 6.78. The minimum atomic E-state index is -2.66. The van der Waals surface area contributed by atoms with Gasteiger partial charge in [0, 0.05) is 30.5 Å². The number of carbonyl (C=O) groups excluding carboxylic acids is 1. The maximum absolute atomic E-state index is 14.3. The highest BCUT2D eigenvalue weighted by atomic mass is 19.3. The molecule has 1 aromatic rings. The predicted octanol–water partition coefficient (Wildman–Crippen LogP) is 3.53. The summed E-state index contributed by atoms with van der Waals surface area (Å²) < 4.78 is 45.0. The van der Waals surface area contributed by atoms with Crippen molar-refractivity contribution < 1.29 is 22.7 Å². The smallest absolute Gasteiger partial charge is 0.337 e. The molecule has 0 aromatic heterocycles. The van der Waals surface area contributed by atoms with Crippen LogP contribution >= 0.6 is 0 Å². The molecule has 1 heterocycles. The first-order chi connectivity index (χ1) is 12.3. The fraction of sp³-hybridized carbons (Fsp3) is 0.278. The van der Waals surface area contributed by atoms with Crippen LogP contribution in [-0.2, 0) is 4.74 Å². The standard InChI is InChI=1S/C18H16F3N3O2/c1-26-17(25)11-2-3-13(14(19)6-11)10-4-5-23-16(24-15(22)7-10)8-12-9-18(12,20)21/h2-7,12H,8-9H2,1H3,(H2,22,23,24). The van der Waals surface area contributed by atoms with Crippen molar-refractivity contribution in [2.24, 2.45) is 10.9 Å². The van der Waals surface area contributed by atoms with Crippen molar-refractivity contribution in [3.63, 3.8) is 0 Å². The number of benzene rings is 1. The van der Waals surface area contributed by atoms with E-state index in [1.54, 1.807) is 0 Å². The molecule has 1 saturated carbocycles. The molecule has 2 N–H and O–H groups in total. The SMILES string of the molecule is COC(=O)c1ccc(C2=C/C(=N)/N=C(/CC3CC3(F)F)N/C=C\2)c(F)c1. The first kappa shape index (κ1) is 17.9. The molecule has 0 radical (unpaired) electrons. The zero-order valence-corrected chi connectivity index (χ0v) is 13.9. The minimum Gasteiger partial charge on any atom is -0.465 e. The number of nitrogens with zero attached hydrogens (tertiary/aromatic N) is 1. The molecule has 0 spiro atoms. The molecule has 0 bridgehead atoms. The van der Waals surface area contributed by atoms with E-state index >= 15 is 0 Å². The van der Waals surface area contributed by atoms with Crippen molar-refractivity contribution in [1.29, 1.82) is 5.41 Å². The fourth-order valence-corrected chi connectivity index (χ4v) is 2.62. The summed E-state index contributed by atoms with van der Waals surface area (Å²) >= 11 is 0. The highest BCUT2D eigenvalue weighted by Crippen LogP contribution is 2.50. The number of aliphatic imine (C=N–C) groups is 1. The molecule has 1 aliphatic heterocycles. The van der Waals surface area contributed by atoms with Crippen LogP contribution in [0.4, 0.5) is 13.2 Å². The number of esters is 1. The first-order valence-electron chi connectivity index (χ1n) is 7.87. The summed E-state index contributed by atoms with van der Waals surface area (Å²) in [6.45, 7) is 0. The number of amidine groups is 2. The maximum Gasteiger partial charge on any atom is 0.337 e. The van der Waals surface area contributed by atoms with Gasteiger partial charge in [-0.1, -0.05) is 6.07 Å². The van der Waals surface area contributed by atoms with Crippen LogP contribution in [0.5, 0.6) is 0 Å². The van der Waals surface area contributed by atoms with E-state index in [-0.39, 0.29) is 35.6 Å². The Balaban J connectivity index is 1.82. The van der Waals surface area contributed by atoms with E-state index in [1.165, 1.54) is 37.6 Å². The Bertz CT molecular complexity index is 859. The Labute approximate surface area is 147 Å². The first-order valence-corrected chi connectivity index (χ1v) is 7.87. The number of hydrogen-bond donors (Lipinski definition) is 2. The summed E-state index contributed by atoms with van der Waals surface area (Å²) in [5.74, 6) is -4.65. The van der Waals surface area contributed by atoms with E-state index in [0.29, 0.717) is 5.57 Å². The normalized spacial score (nSPS) is 26.3. The van der Waals surface area contributed by atoms with Crippen molar-refractivity contribution >= 4 is 23.2 Å². The van der Waals surface area contributed by atoms with Crippen LogP contribution in [0.25, 0.3) is 5.57 Å². The molecule has 5 nitrogen and oxygen atoms in total. The zero-order valence-electron chi connectivity index (χ0n) is 13.9. The second-order valence-corrected chi connectivity index (χ2v) is 6.07. The molecule has 26 heavy (non-hydrogen) atoms. The van der Waals surface area contributed by atoms with Gasteiger partial charge in [-0.2, -0.15) is 0 Å². The quantitative estimate of drug-likeness (QED) is 0.804. The summed E-state index contributed by atoms with van der Waals surface area (Å²) in [7, 11) is 1.20. The lowest BCUT2D eigenvalue weighted by atomic mass is 10.0. The van der Waals surface area contributed by atoms with Crippen LogP contribution < -0.4 is 5.32 Å². The van der Waals surface area contributed by atoms with E-state index < -0.39 is 23.6 Å². The molecule has 0 amide bonds. The summed E-state index contributed by atoms with van der Waals surface area (Å²) in [6, 6.07) is 3.87. The number of hydrogen-bond acceptors (Lipinski definition) is 4. The summed E-state index contributed by atoms with van der Waals surface area (Å²) in [4.78, 5) is 15.4. The average Bonchev–Trinajstić information content (AvgIpc) is 3.17. The van der Waals surface area contributed by atoms with Crippen LogP contribution in [0, 0.1) is 17.1 Å². The molecule has 1 atom stereocenters. The Morgan fingerprint density at radius 3 is 2.81 bits per heavy atom. The number of halogens is 3. The molecule has 136 valence electrons. The topological polar surface area (TPSA) is 74.5 Å². The van der Waals surface area contributed by atoms with Gasteiger partial charge in [-0.15, -0.1) is 0 Å². The number of carbonyl (C=O) groups is 1. The fourth-order valence-electron chi connectivity index (χ4n) is 2.62. The number of ether oxygens (including phenoxy) is 1. The van der Waals surface area contributed by atoms with Gasteiger partial charge >= 0.3 is 5.97 Å². The average molecular weight is 363 g/mol. The van der Waals surface area contributed by atoms with Crippen molar-refractivity contribution in [3.05, 3.63) is 53.5 Å². The highest BCUT2D eigenvalue weighted by molar-refractivity contribution is 6.07. The van der Waals surface area contributed by atoms with Gasteiger partial charge in [0.2, 0.25) is 0 Å². The zero-order chi connectivity index (χ0) is 18.9. The monoisotopic (exact) mass is 363 g/mol. The highest BCUT2D eigenvalue weighted by Gasteiger charge is 2.56. The lowest BCUT2D eigenvalue weighted by Crippen LogP contribution is -2.21. The van der Waals surface area contributed by atoms with Gasteiger partial charge in [0.1, 0.15) is 17.5 Å². The van der Waals surface area contributed by atoms with E-state index in [4.69, 9.17) is 5.41 Å². The van der Waals surface area contributed by atoms with Crippen molar-refractivity contribution in [1.82, 2.24) is 5.32 Å². The Morgan fingerprint density at radius 1 is 1.46 bits per heavy atom. The number of allylic oxidation sites excluding steroid dienone is 2. The summed E-state index contributed by atoms with van der Waals surface area (Å²) in [6.07, 6.45) is 4.18. The number of rotatable bonds is 4. The van der Waals surface area contributed by atoms with Crippen LogP contribution in [0.15, 0.2) is 41.5 Å². The third-order valence-electron chi connectivity index (χ3n) is 4.16. The van der Waals surface area contributed by atoms with Gasteiger partial charge in [-0.3, -0.25) is 5.41 Å². The molecule has 0 saturated heterocycles. The van der Waals surface area contributed by atoms with Crippen LogP contribution in [0.2, 0.25) is 0 Å². The summed E-state index contributed by atoms with van der Waals surface area (Å²) in [5, 5.41) is 10.7. The Kier molecular flexibility index (Phi) is 4.67. The Hall–Kier alpha value is -2.90. The van der Waals surface area contributed by atoms with E-state index in [1.807, 2.05) is 0 Å². The molecule has 1 unspecified atom stereocenters. The lowest BCUT2D eigenvalue weighted by Gasteiger charge is -2.11. The molecule has 2 aliphatic rings. The number of nitrogens with one attached hydrogen (secondary N) is 2. The van der Waals surface area contributed by atoms with Gasteiger partial charge in [0.25, 0.3) is 5.92 Å². The molecule has 1 fully saturated rings. The summed E-state index contributed by atoms with van der Waals surface area (Å²) in [5.41, 5.74) is 0.604. The number of alkyl halides is 2. The Morgan fingerprint density at radius 2 is 2.19 bits per heavy atom. The van der Waals surface area contributed by atoms with Gasteiger partial charge in [-0.25, -0.2) is 23.0 Å². The van der Waals surface area contributed by atoms with Gasteiger partial charge in [0.05, 0.1) is 12.7 Å². The molecule has 1 aliphatic carbocycles. The number of methoxy groups -OCH3 is 1. The van der Waals surface area contributed by atoms with Crippen LogP contribution in [-0.4, -0.2) is 30.7 Å². The predicted molar refractivity (Wildman–Crippen MR) is 90.8 cm³/mol. The van der Waals surface area contributed by atoms with Gasteiger partial charge < -0.3 is 10.1 Å². The third kappa shape index (κ3) is 3.84. The minimum absolute atomic E-state index is 0.0467.